The Balaban J connectivity index is 2.12. The SMILES string of the molecule is Cc1ccsc1CNC(=O)NCCCC(C)C(=O)O. The zero-order valence-electron chi connectivity index (χ0n) is 11.2. The Morgan fingerprint density at radius 2 is 2.16 bits per heavy atom. The average molecular weight is 284 g/mol. The number of carbonyl (C=O) groups excluding carboxylic acids is 1. The highest BCUT2D eigenvalue weighted by molar-refractivity contribution is 7.10. The van der Waals surface area contributed by atoms with Gasteiger partial charge in [0.15, 0.2) is 0 Å². The minimum Gasteiger partial charge on any atom is -0.481 e. The maximum atomic E-state index is 11.5. The van der Waals surface area contributed by atoms with Crippen molar-refractivity contribution in [3.05, 3.63) is 21.9 Å². The number of hydrogen-bond acceptors (Lipinski definition) is 3. The number of aryl methyl sites for hydroxylation is 1. The van der Waals surface area contributed by atoms with Gasteiger partial charge < -0.3 is 15.7 Å². The first kappa shape index (κ1) is 15.5. The Morgan fingerprint density at radius 3 is 2.74 bits per heavy atom. The lowest BCUT2D eigenvalue weighted by atomic mass is 10.1. The van der Waals surface area contributed by atoms with Gasteiger partial charge >= 0.3 is 12.0 Å². The molecule has 0 saturated carbocycles. The molecular weight excluding hydrogens is 264 g/mol. The number of nitrogens with one attached hydrogen (secondary N) is 2. The third-order valence-corrected chi connectivity index (χ3v) is 3.92. The van der Waals surface area contributed by atoms with Crippen LogP contribution in [0.15, 0.2) is 11.4 Å². The van der Waals surface area contributed by atoms with Gasteiger partial charge in [0.1, 0.15) is 0 Å². The molecule has 1 aromatic heterocycles. The molecule has 1 aromatic rings. The van der Waals surface area contributed by atoms with Crippen molar-refractivity contribution in [2.45, 2.75) is 33.2 Å². The van der Waals surface area contributed by atoms with Gasteiger partial charge in [-0.2, -0.15) is 0 Å². The van der Waals surface area contributed by atoms with Gasteiger partial charge in [0.2, 0.25) is 0 Å². The van der Waals surface area contributed by atoms with E-state index in [-0.39, 0.29) is 11.9 Å². The molecule has 1 heterocycles. The van der Waals surface area contributed by atoms with Crippen molar-refractivity contribution >= 4 is 23.3 Å². The lowest BCUT2D eigenvalue weighted by molar-refractivity contribution is -0.141. The molecule has 6 heteroatoms. The molecule has 0 aromatic carbocycles. The van der Waals surface area contributed by atoms with Crippen LogP contribution in [0, 0.1) is 12.8 Å². The summed E-state index contributed by atoms with van der Waals surface area (Å²) >= 11 is 1.62. The first-order valence-electron chi connectivity index (χ1n) is 6.28. The minimum absolute atomic E-state index is 0.212. The fourth-order valence-corrected chi connectivity index (χ4v) is 2.39. The van der Waals surface area contributed by atoms with E-state index in [0.29, 0.717) is 25.9 Å². The molecule has 0 spiro atoms. The molecule has 1 atom stereocenters. The Hall–Kier alpha value is -1.56. The fraction of sp³-hybridized carbons (Fsp3) is 0.538. The Bertz CT molecular complexity index is 431. The second-order valence-electron chi connectivity index (χ2n) is 4.52. The van der Waals surface area contributed by atoms with Crippen molar-refractivity contribution in [2.75, 3.05) is 6.54 Å². The molecular formula is C13H20N2O3S. The second kappa shape index (κ2) is 7.78. The van der Waals surface area contributed by atoms with E-state index in [1.54, 1.807) is 18.3 Å². The first-order valence-corrected chi connectivity index (χ1v) is 7.16. The highest BCUT2D eigenvalue weighted by Crippen LogP contribution is 2.14. The van der Waals surface area contributed by atoms with Gasteiger partial charge in [-0.3, -0.25) is 4.79 Å². The van der Waals surface area contributed by atoms with Crippen LogP contribution in [0.5, 0.6) is 0 Å². The van der Waals surface area contributed by atoms with Crippen molar-refractivity contribution in [1.82, 2.24) is 10.6 Å². The largest absolute Gasteiger partial charge is 0.481 e. The zero-order chi connectivity index (χ0) is 14.3. The Morgan fingerprint density at radius 1 is 1.42 bits per heavy atom. The van der Waals surface area contributed by atoms with Crippen LogP contribution in [0.2, 0.25) is 0 Å². The third-order valence-electron chi connectivity index (χ3n) is 2.90. The van der Waals surface area contributed by atoms with Crippen LogP contribution in [0.1, 0.15) is 30.2 Å². The predicted molar refractivity (Wildman–Crippen MR) is 75.3 cm³/mol. The molecule has 19 heavy (non-hydrogen) atoms. The molecule has 5 nitrogen and oxygen atoms in total. The van der Waals surface area contributed by atoms with Gasteiger partial charge in [0.05, 0.1) is 12.5 Å². The zero-order valence-corrected chi connectivity index (χ0v) is 12.0. The third kappa shape index (κ3) is 5.74. The first-order chi connectivity index (χ1) is 9.00. The highest BCUT2D eigenvalue weighted by atomic mass is 32.1. The van der Waals surface area contributed by atoms with Crippen LogP contribution in [0.4, 0.5) is 4.79 Å². The molecule has 0 saturated heterocycles. The summed E-state index contributed by atoms with van der Waals surface area (Å²) in [4.78, 5) is 23.2. The quantitative estimate of drug-likeness (QED) is 0.673. The topological polar surface area (TPSA) is 78.4 Å². The van der Waals surface area contributed by atoms with E-state index < -0.39 is 5.97 Å². The highest BCUT2D eigenvalue weighted by Gasteiger charge is 2.10. The molecule has 106 valence electrons. The van der Waals surface area contributed by atoms with Crippen LogP contribution in [-0.2, 0) is 11.3 Å². The van der Waals surface area contributed by atoms with Gasteiger partial charge in [-0.15, -0.1) is 11.3 Å². The molecule has 0 bridgehead atoms. The van der Waals surface area contributed by atoms with Crippen molar-refractivity contribution < 1.29 is 14.7 Å². The van der Waals surface area contributed by atoms with Crippen LogP contribution >= 0.6 is 11.3 Å². The smallest absolute Gasteiger partial charge is 0.315 e. The van der Waals surface area contributed by atoms with E-state index in [1.807, 2.05) is 18.4 Å². The van der Waals surface area contributed by atoms with Crippen LogP contribution in [0.25, 0.3) is 0 Å². The van der Waals surface area contributed by atoms with Crippen molar-refractivity contribution in [1.29, 1.82) is 0 Å². The van der Waals surface area contributed by atoms with Crippen molar-refractivity contribution in [3.8, 4) is 0 Å². The average Bonchev–Trinajstić information content (AvgIpc) is 2.77. The lowest BCUT2D eigenvalue weighted by Gasteiger charge is -2.08. The van der Waals surface area contributed by atoms with Gasteiger partial charge in [-0.05, 0) is 36.8 Å². The molecule has 0 fully saturated rings. The Labute approximate surface area is 117 Å². The number of urea groups is 1. The van der Waals surface area contributed by atoms with E-state index in [4.69, 9.17) is 5.11 Å². The van der Waals surface area contributed by atoms with Crippen molar-refractivity contribution in [2.24, 2.45) is 5.92 Å². The van der Waals surface area contributed by atoms with E-state index in [2.05, 4.69) is 10.6 Å². The molecule has 0 aliphatic carbocycles. The molecule has 2 amide bonds. The van der Waals surface area contributed by atoms with Gasteiger partial charge in [0, 0.05) is 11.4 Å². The summed E-state index contributed by atoms with van der Waals surface area (Å²) in [6, 6.07) is 1.81. The summed E-state index contributed by atoms with van der Waals surface area (Å²) < 4.78 is 0. The van der Waals surface area contributed by atoms with E-state index in [1.165, 1.54) is 5.56 Å². The van der Waals surface area contributed by atoms with Crippen LogP contribution in [-0.4, -0.2) is 23.7 Å². The predicted octanol–water partition coefficient (Wildman–Crippen LogP) is 2.36. The molecule has 0 radical (unpaired) electrons. The number of carbonyl (C=O) groups is 2. The van der Waals surface area contributed by atoms with Crippen LogP contribution < -0.4 is 10.6 Å². The molecule has 1 unspecified atom stereocenters. The van der Waals surface area contributed by atoms with Gasteiger partial charge in [0.25, 0.3) is 0 Å². The summed E-state index contributed by atoms with van der Waals surface area (Å²) in [6.07, 6.45) is 1.23. The summed E-state index contributed by atoms with van der Waals surface area (Å²) in [7, 11) is 0. The summed E-state index contributed by atoms with van der Waals surface area (Å²) in [5.74, 6) is -1.16. The normalized spacial score (nSPS) is 11.9. The van der Waals surface area contributed by atoms with Gasteiger partial charge in [-0.25, -0.2) is 4.79 Å². The summed E-state index contributed by atoms with van der Waals surface area (Å²) in [5, 5.41) is 16.2. The van der Waals surface area contributed by atoms with E-state index >= 15 is 0 Å². The van der Waals surface area contributed by atoms with E-state index in [0.717, 1.165) is 4.88 Å². The number of hydrogen-bond donors (Lipinski definition) is 3. The number of thiophene rings is 1. The maximum absolute atomic E-state index is 11.5. The second-order valence-corrected chi connectivity index (χ2v) is 5.52. The Kier molecular flexibility index (Phi) is 6.35. The van der Waals surface area contributed by atoms with Gasteiger partial charge in [-0.1, -0.05) is 6.92 Å². The van der Waals surface area contributed by atoms with Crippen LogP contribution in [0.3, 0.4) is 0 Å². The molecule has 1 rings (SSSR count). The lowest BCUT2D eigenvalue weighted by Crippen LogP contribution is -2.35. The monoisotopic (exact) mass is 284 g/mol. The minimum atomic E-state index is -0.794. The van der Waals surface area contributed by atoms with Crippen molar-refractivity contribution in [3.63, 3.8) is 0 Å². The van der Waals surface area contributed by atoms with E-state index in [9.17, 15) is 9.59 Å². The number of rotatable bonds is 7. The number of carboxylic acid groups (broad SMARTS) is 1. The summed E-state index contributed by atoms with van der Waals surface area (Å²) in [5.41, 5.74) is 1.18. The fourth-order valence-electron chi connectivity index (χ4n) is 1.54. The number of aliphatic carboxylic acids is 1. The molecule has 0 aliphatic rings. The molecule has 3 N–H and O–H groups in total. The maximum Gasteiger partial charge on any atom is 0.315 e. The standard InChI is InChI=1S/C13H20N2O3S/c1-9-5-7-19-11(9)8-15-13(18)14-6-3-4-10(2)12(16)17/h5,7,10H,3-4,6,8H2,1-2H3,(H,16,17)(H2,14,15,18). The number of amides is 2. The summed E-state index contributed by atoms with van der Waals surface area (Å²) in [6.45, 7) is 4.70. The number of carboxylic acids is 1. The molecule has 0 aliphatic heterocycles.